The molecule has 2 heterocycles. The Kier molecular flexibility index (Phi) is 4.81. The Morgan fingerprint density at radius 1 is 0.862 bits per heavy atom. The van der Waals surface area contributed by atoms with E-state index in [1.807, 2.05) is 24.3 Å². The number of aromatic nitrogens is 4. The number of carbonyl (C=O) groups is 1. The highest BCUT2D eigenvalue weighted by atomic mass is 16.1. The molecule has 0 unspecified atom stereocenters. The number of hydrogen-bond donors (Lipinski definition) is 3. The van der Waals surface area contributed by atoms with Crippen molar-refractivity contribution in [3.05, 3.63) is 78.6 Å². The fourth-order valence-electron chi connectivity index (χ4n) is 2.96. The monoisotopic (exact) mass is 383 g/mol. The molecule has 29 heavy (non-hydrogen) atoms. The second-order valence-corrected chi connectivity index (χ2v) is 6.18. The van der Waals surface area contributed by atoms with E-state index in [-0.39, 0.29) is 0 Å². The average molecular weight is 383 g/mol. The summed E-state index contributed by atoms with van der Waals surface area (Å²) in [6.07, 6.45) is 3.28. The lowest BCUT2D eigenvalue weighted by atomic mass is 9.96. The van der Waals surface area contributed by atoms with E-state index >= 15 is 0 Å². The molecule has 0 spiro atoms. The highest BCUT2D eigenvalue weighted by molar-refractivity contribution is 6.05. The van der Waals surface area contributed by atoms with Gasteiger partial charge in [-0.15, -0.1) is 10.2 Å². The third-order valence-electron chi connectivity index (χ3n) is 4.28. The molecule has 0 aliphatic carbocycles. The van der Waals surface area contributed by atoms with Gasteiger partial charge in [-0.2, -0.15) is 0 Å². The van der Waals surface area contributed by atoms with E-state index in [9.17, 15) is 4.79 Å². The van der Waals surface area contributed by atoms with Crippen molar-refractivity contribution in [1.82, 2.24) is 20.2 Å². The van der Waals surface area contributed by atoms with Gasteiger partial charge < -0.3 is 16.8 Å². The van der Waals surface area contributed by atoms with Crippen LogP contribution in [0.15, 0.2) is 73.1 Å². The van der Waals surface area contributed by atoms with Crippen molar-refractivity contribution in [1.29, 1.82) is 0 Å². The number of nitrogens with one attached hydrogen (secondary N) is 1. The quantitative estimate of drug-likeness (QED) is 0.451. The summed E-state index contributed by atoms with van der Waals surface area (Å²) in [5, 5.41) is 11.6. The minimum absolute atomic E-state index is 0.357. The molecule has 0 atom stereocenters. The van der Waals surface area contributed by atoms with E-state index in [1.54, 1.807) is 48.8 Å². The molecule has 0 fully saturated rings. The molecule has 0 saturated carbocycles. The van der Waals surface area contributed by atoms with Crippen molar-refractivity contribution >= 4 is 23.1 Å². The van der Waals surface area contributed by atoms with Gasteiger partial charge in [0.15, 0.2) is 11.6 Å². The first-order valence-corrected chi connectivity index (χ1v) is 8.79. The molecule has 8 nitrogen and oxygen atoms in total. The second kappa shape index (κ2) is 7.73. The maximum Gasteiger partial charge on any atom is 0.249 e. The maximum absolute atomic E-state index is 12.0. The van der Waals surface area contributed by atoms with Gasteiger partial charge in [-0.3, -0.25) is 4.79 Å². The largest absolute Gasteiger partial charge is 0.398 e. The molecule has 8 heteroatoms. The summed E-state index contributed by atoms with van der Waals surface area (Å²) in [4.78, 5) is 20.3. The number of benzene rings is 2. The van der Waals surface area contributed by atoms with Crippen LogP contribution in [0.25, 0.3) is 22.6 Å². The van der Waals surface area contributed by atoms with Crippen LogP contribution in [-0.2, 0) is 0 Å². The lowest BCUT2D eigenvalue weighted by Gasteiger charge is -2.16. The summed E-state index contributed by atoms with van der Waals surface area (Å²) in [6.45, 7) is 0. The number of rotatable bonds is 5. The molecule has 0 aliphatic heterocycles. The topological polar surface area (TPSA) is 133 Å². The molecule has 2 aromatic carbocycles. The van der Waals surface area contributed by atoms with Gasteiger partial charge in [0.1, 0.15) is 5.69 Å². The first kappa shape index (κ1) is 18.1. The molecular weight excluding hydrogens is 366 g/mol. The smallest absolute Gasteiger partial charge is 0.249 e. The number of carbonyl (C=O) groups excluding carboxylic acids is 1. The molecule has 1 amide bonds. The molecular formula is C21H17N7O. The third-order valence-corrected chi connectivity index (χ3v) is 4.28. The molecule has 0 saturated heterocycles. The minimum Gasteiger partial charge on any atom is -0.398 e. The van der Waals surface area contributed by atoms with Crippen LogP contribution < -0.4 is 16.8 Å². The summed E-state index contributed by atoms with van der Waals surface area (Å²) in [5.41, 5.74) is 15.1. The van der Waals surface area contributed by atoms with Gasteiger partial charge in [-0.1, -0.05) is 24.3 Å². The number of primary amides is 1. The minimum atomic E-state index is -0.547. The van der Waals surface area contributed by atoms with E-state index in [0.29, 0.717) is 45.4 Å². The molecule has 4 aromatic rings. The molecule has 5 N–H and O–H groups in total. The first-order valence-electron chi connectivity index (χ1n) is 8.79. The molecule has 2 aromatic heterocycles. The average Bonchev–Trinajstić information content (AvgIpc) is 2.75. The van der Waals surface area contributed by atoms with Crippen molar-refractivity contribution in [3.8, 4) is 22.6 Å². The Hall–Kier alpha value is -4.33. The van der Waals surface area contributed by atoms with Gasteiger partial charge in [-0.25, -0.2) is 9.97 Å². The van der Waals surface area contributed by atoms with Crippen LogP contribution in [0.2, 0.25) is 0 Å². The summed E-state index contributed by atoms with van der Waals surface area (Å²) < 4.78 is 0. The SMILES string of the molecule is NC(=O)c1cccc(Nc2ccc(-c3ncccn3)nn2)c1-c1ccccc1N. The van der Waals surface area contributed by atoms with Gasteiger partial charge in [-0.05, 0) is 36.4 Å². The third kappa shape index (κ3) is 3.72. The van der Waals surface area contributed by atoms with Gasteiger partial charge in [0.25, 0.3) is 0 Å². The van der Waals surface area contributed by atoms with Crippen LogP contribution in [0.1, 0.15) is 10.4 Å². The van der Waals surface area contributed by atoms with Crippen LogP contribution in [0.5, 0.6) is 0 Å². The van der Waals surface area contributed by atoms with Gasteiger partial charge in [0.05, 0.1) is 0 Å². The zero-order chi connectivity index (χ0) is 20.2. The Morgan fingerprint density at radius 2 is 1.66 bits per heavy atom. The van der Waals surface area contributed by atoms with Crippen LogP contribution in [0.3, 0.4) is 0 Å². The number of anilines is 3. The molecule has 0 aliphatic rings. The molecule has 142 valence electrons. The fourth-order valence-corrected chi connectivity index (χ4v) is 2.96. The number of nitrogen functional groups attached to an aromatic ring is 1. The van der Waals surface area contributed by atoms with Gasteiger partial charge in [0.2, 0.25) is 5.91 Å². The van der Waals surface area contributed by atoms with E-state index in [4.69, 9.17) is 11.5 Å². The summed E-state index contributed by atoms with van der Waals surface area (Å²) in [5.74, 6) is 0.427. The Balaban J connectivity index is 1.73. The second-order valence-electron chi connectivity index (χ2n) is 6.18. The predicted molar refractivity (Wildman–Crippen MR) is 111 cm³/mol. The first-order chi connectivity index (χ1) is 14.1. The van der Waals surface area contributed by atoms with Crippen molar-refractivity contribution in [2.45, 2.75) is 0 Å². The number of para-hydroxylation sites is 1. The van der Waals surface area contributed by atoms with Crippen molar-refractivity contribution in [2.24, 2.45) is 5.73 Å². The van der Waals surface area contributed by atoms with E-state index in [2.05, 4.69) is 25.5 Å². The zero-order valence-corrected chi connectivity index (χ0v) is 15.3. The molecule has 0 radical (unpaired) electrons. The molecule has 0 bridgehead atoms. The Bertz CT molecular complexity index is 1160. The van der Waals surface area contributed by atoms with Gasteiger partial charge >= 0.3 is 0 Å². The Labute approximate surface area is 166 Å². The van der Waals surface area contributed by atoms with Gasteiger partial charge in [0, 0.05) is 40.5 Å². The summed E-state index contributed by atoms with van der Waals surface area (Å²) >= 11 is 0. The number of hydrogen-bond acceptors (Lipinski definition) is 7. The zero-order valence-electron chi connectivity index (χ0n) is 15.3. The highest BCUT2D eigenvalue weighted by Gasteiger charge is 2.17. The van der Waals surface area contributed by atoms with Crippen LogP contribution in [0.4, 0.5) is 17.2 Å². The standard InChI is InChI=1S/C21H17N7O/c22-15-7-2-1-5-13(15)19-14(20(23)29)6-3-8-16(19)26-18-10-9-17(27-28-18)21-24-11-4-12-25-21/h1-12H,22H2,(H2,23,29)(H,26,28). The summed E-state index contributed by atoms with van der Waals surface area (Å²) in [6, 6.07) is 17.8. The number of nitrogens with two attached hydrogens (primary N) is 2. The fraction of sp³-hybridized carbons (Fsp3) is 0. The number of amides is 1. The maximum atomic E-state index is 12.0. The van der Waals surface area contributed by atoms with Crippen LogP contribution in [-0.4, -0.2) is 26.1 Å². The van der Waals surface area contributed by atoms with E-state index in [0.717, 1.165) is 0 Å². The normalized spacial score (nSPS) is 10.5. The number of nitrogens with zero attached hydrogens (tertiary/aromatic N) is 4. The van der Waals surface area contributed by atoms with Crippen molar-refractivity contribution in [3.63, 3.8) is 0 Å². The molecule has 4 rings (SSSR count). The summed E-state index contributed by atoms with van der Waals surface area (Å²) in [7, 11) is 0. The lowest BCUT2D eigenvalue weighted by Crippen LogP contribution is -2.13. The van der Waals surface area contributed by atoms with E-state index < -0.39 is 5.91 Å². The lowest BCUT2D eigenvalue weighted by molar-refractivity contribution is 0.100. The van der Waals surface area contributed by atoms with Crippen LogP contribution in [0, 0.1) is 0 Å². The predicted octanol–water partition coefficient (Wildman–Crippen LogP) is 3.03. The van der Waals surface area contributed by atoms with Crippen molar-refractivity contribution < 1.29 is 4.79 Å². The van der Waals surface area contributed by atoms with E-state index in [1.165, 1.54) is 0 Å². The Morgan fingerprint density at radius 3 is 2.34 bits per heavy atom. The highest BCUT2D eigenvalue weighted by Crippen LogP contribution is 2.36. The van der Waals surface area contributed by atoms with Crippen molar-refractivity contribution in [2.75, 3.05) is 11.1 Å². The van der Waals surface area contributed by atoms with Crippen LogP contribution >= 0.6 is 0 Å².